The van der Waals surface area contributed by atoms with Crippen molar-refractivity contribution in [3.05, 3.63) is 71.9 Å². The molecule has 0 saturated heterocycles. The number of carbonyl (C=O) groups is 2. The average Bonchev–Trinajstić information content (AvgIpc) is 3.01. The fraction of sp³-hybridized carbons (Fsp3) is 0.158. The van der Waals surface area contributed by atoms with Crippen LogP contribution in [0.3, 0.4) is 0 Å². The first-order valence-corrected chi connectivity index (χ1v) is 7.72. The Balaban J connectivity index is 1.51. The van der Waals surface area contributed by atoms with Gasteiger partial charge in [-0.05, 0) is 35.2 Å². The van der Waals surface area contributed by atoms with E-state index >= 15 is 0 Å². The molecule has 0 radical (unpaired) electrons. The predicted octanol–water partition coefficient (Wildman–Crippen LogP) is 2.87. The van der Waals surface area contributed by atoms with E-state index in [2.05, 4.69) is 0 Å². The number of aryl methyl sites for hydroxylation is 1. The highest BCUT2D eigenvalue weighted by atomic mass is 16.5. The molecule has 24 heavy (non-hydrogen) atoms. The summed E-state index contributed by atoms with van der Waals surface area (Å²) in [4.78, 5) is 22.9. The van der Waals surface area contributed by atoms with Crippen molar-refractivity contribution in [1.82, 2.24) is 4.57 Å². The van der Waals surface area contributed by atoms with Gasteiger partial charge in [0.2, 0.25) is 5.91 Å². The maximum atomic E-state index is 11.9. The minimum atomic E-state index is -0.475. The van der Waals surface area contributed by atoms with E-state index in [-0.39, 0.29) is 12.6 Å². The van der Waals surface area contributed by atoms with Gasteiger partial charge in [-0.25, -0.2) is 0 Å². The number of hydrogen-bond donors (Lipinski definition) is 1. The van der Waals surface area contributed by atoms with Gasteiger partial charge in [-0.1, -0.05) is 30.3 Å². The number of nitrogens with two attached hydrogens (primary N) is 1. The molecule has 0 saturated carbocycles. The van der Waals surface area contributed by atoms with E-state index in [9.17, 15) is 9.59 Å². The van der Waals surface area contributed by atoms with Crippen LogP contribution in [0.25, 0.3) is 10.9 Å². The van der Waals surface area contributed by atoms with Gasteiger partial charge in [0.05, 0.1) is 6.42 Å². The Morgan fingerprint density at radius 2 is 1.75 bits per heavy atom. The molecule has 2 aromatic carbocycles. The van der Waals surface area contributed by atoms with E-state index in [1.54, 1.807) is 24.3 Å². The molecular weight excluding hydrogens is 304 g/mol. The van der Waals surface area contributed by atoms with Crippen LogP contribution in [0.2, 0.25) is 0 Å². The summed E-state index contributed by atoms with van der Waals surface area (Å²) in [6, 6.07) is 16.8. The van der Waals surface area contributed by atoms with Crippen molar-refractivity contribution >= 4 is 22.8 Å². The lowest BCUT2D eigenvalue weighted by Gasteiger charge is -2.07. The van der Waals surface area contributed by atoms with Crippen molar-refractivity contribution in [2.45, 2.75) is 19.6 Å². The standard InChI is InChI=1S/C19H18N2O3/c20-19(23)16-7-5-14(6-8-16)13-24-18(22)10-12-21-11-9-15-3-1-2-4-17(15)21/h1-9,11H,10,12-13H2,(H2,20,23). The highest BCUT2D eigenvalue weighted by molar-refractivity contribution is 5.92. The SMILES string of the molecule is NC(=O)c1ccc(COC(=O)CCn2ccc3ccccc32)cc1. The maximum Gasteiger partial charge on any atom is 0.307 e. The number of nitrogens with zero attached hydrogens (tertiary/aromatic N) is 1. The smallest absolute Gasteiger partial charge is 0.307 e. The Hall–Kier alpha value is -3.08. The van der Waals surface area contributed by atoms with E-state index in [1.165, 1.54) is 0 Å². The second kappa shape index (κ2) is 7.00. The number of ether oxygens (including phenoxy) is 1. The number of aromatic nitrogens is 1. The molecular formula is C19H18N2O3. The zero-order chi connectivity index (χ0) is 16.9. The Labute approximate surface area is 139 Å². The lowest BCUT2D eigenvalue weighted by molar-refractivity contribution is -0.145. The van der Waals surface area contributed by atoms with Gasteiger partial charge in [-0.15, -0.1) is 0 Å². The Morgan fingerprint density at radius 3 is 2.50 bits per heavy atom. The summed E-state index contributed by atoms with van der Waals surface area (Å²) in [7, 11) is 0. The van der Waals surface area contributed by atoms with Crippen LogP contribution in [-0.2, 0) is 22.7 Å². The number of primary amides is 1. The molecule has 0 fully saturated rings. The van der Waals surface area contributed by atoms with Crippen LogP contribution >= 0.6 is 0 Å². The molecule has 5 nitrogen and oxygen atoms in total. The van der Waals surface area contributed by atoms with Crippen LogP contribution in [0, 0.1) is 0 Å². The first-order chi connectivity index (χ1) is 11.6. The summed E-state index contributed by atoms with van der Waals surface area (Å²) in [5, 5.41) is 1.15. The highest BCUT2D eigenvalue weighted by Crippen LogP contribution is 2.15. The third-order valence-electron chi connectivity index (χ3n) is 3.88. The highest BCUT2D eigenvalue weighted by Gasteiger charge is 2.07. The number of carbonyl (C=O) groups excluding carboxylic acids is 2. The predicted molar refractivity (Wildman–Crippen MR) is 91.3 cm³/mol. The molecule has 0 aliphatic heterocycles. The van der Waals surface area contributed by atoms with E-state index in [0.717, 1.165) is 16.5 Å². The molecule has 1 heterocycles. The fourth-order valence-corrected chi connectivity index (χ4v) is 2.55. The van der Waals surface area contributed by atoms with E-state index < -0.39 is 5.91 Å². The Kier molecular flexibility index (Phi) is 4.61. The fourth-order valence-electron chi connectivity index (χ4n) is 2.55. The molecule has 5 heteroatoms. The number of para-hydroxylation sites is 1. The largest absolute Gasteiger partial charge is 0.461 e. The molecule has 3 aromatic rings. The van der Waals surface area contributed by atoms with Crippen molar-refractivity contribution in [3.63, 3.8) is 0 Å². The van der Waals surface area contributed by atoms with Crippen molar-refractivity contribution in [1.29, 1.82) is 0 Å². The third kappa shape index (κ3) is 3.63. The number of rotatable bonds is 6. The molecule has 1 amide bonds. The maximum absolute atomic E-state index is 11.9. The van der Waals surface area contributed by atoms with E-state index in [1.807, 2.05) is 41.1 Å². The normalized spacial score (nSPS) is 10.7. The molecule has 2 N–H and O–H groups in total. The molecule has 0 aliphatic rings. The Bertz CT molecular complexity index is 866. The summed E-state index contributed by atoms with van der Waals surface area (Å²) >= 11 is 0. The van der Waals surface area contributed by atoms with Gasteiger partial charge < -0.3 is 15.0 Å². The molecule has 0 unspecified atom stereocenters. The number of esters is 1. The van der Waals surface area contributed by atoms with Gasteiger partial charge in [-0.2, -0.15) is 0 Å². The molecule has 0 aliphatic carbocycles. The van der Waals surface area contributed by atoms with E-state index in [0.29, 0.717) is 18.5 Å². The summed E-state index contributed by atoms with van der Waals surface area (Å²) < 4.78 is 7.31. The van der Waals surface area contributed by atoms with Gasteiger partial charge in [0.1, 0.15) is 6.61 Å². The van der Waals surface area contributed by atoms with Crippen molar-refractivity contribution < 1.29 is 14.3 Å². The second-order valence-corrected chi connectivity index (χ2v) is 5.54. The average molecular weight is 322 g/mol. The van der Waals surface area contributed by atoms with E-state index in [4.69, 9.17) is 10.5 Å². The molecule has 0 spiro atoms. The van der Waals surface area contributed by atoms with Crippen LogP contribution < -0.4 is 5.73 Å². The van der Waals surface area contributed by atoms with Gasteiger partial charge in [-0.3, -0.25) is 9.59 Å². The number of amides is 1. The summed E-state index contributed by atoms with van der Waals surface area (Å²) in [5.41, 5.74) is 7.54. The van der Waals surface area contributed by atoms with Gasteiger partial charge in [0, 0.05) is 23.8 Å². The third-order valence-corrected chi connectivity index (χ3v) is 3.88. The minimum absolute atomic E-state index is 0.185. The lowest BCUT2D eigenvalue weighted by atomic mass is 10.1. The summed E-state index contributed by atoms with van der Waals surface area (Å²) in [6.45, 7) is 0.761. The van der Waals surface area contributed by atoms with Crippen molar-refractivity contribution in [2.24, 2.45) is 5.73 Å². The van der Waals surface area contributed by atoms with Crippen molar-refractivity contribution in [3.8, 4) is 0 Å². The Morgan fingerprint density at radius 1 is 1.00 bits per heavy atom. The zero-order valence-electron chi connectivity index (χ0n) is 13.1. The number of benzene rings is 2. The second-order valence-electron chi connectivity index (χ2n) is 5.54. The zero-order valence-corrected chi connectivity index (χ0v) is 13.1. The summed E-state index contributed by atoms with van der Waals surface area (Å²) in [5.74, 6) is -0.732. The number of fused-ring (bicyclic) bond motifs is 1. The van der Waals surface area contributed by atoms with Crippen LogP contribution in [0.4, 0.5) is 0 Å². The monoisotopic (exact) mass is 322 g/mol. The van der Waals surface area contributed by atoms with Crippen LogP contribution in [0.5, 0.6) is 0 Å². The number of hydrogen-bond acceptors (Lipinski definition) is 3. The first-order valence-electron chi connectivity index (χ1n) is 7.72. The summed E-state index contributed by atoms with van der Waals surface area (Å²) in [6.07, 6.45) is 2.28. The van der Waals surface area contributed by atoms with Crippen LogP contribution in [0.1, 0.15) is 22.3 Å². The van der Waals surface area contributed by atoms with Crippen molar-refractivity contribution in [2.75, 3.05) is 0 Å². The minimum Gasteiger partial charge on any atom is -0.461 e. The van der Waals surface area contributed by atoms with Crippen LogP contribution in [-0.4, -0.2) is 16.4 Å². The quantitative estimate of drug-likeness (QED) is 0.709. The first kappa shape index (κ1) is 15.8. The molecule has 0 bridgehead atoms. The van der Waals surface area contributed by atoms with Crippen LogP contribution in [0.15, 0.2) is 60.8 Å². The topological polar surface area (TPSA) is 74.3 Å². The van der Waals surface area contributed by atoms with Gasteiger partial charge >= 0.3 is 5.97 Å². The molecule has 3 rings (SSSR count). The molecule has 1 aromatic heterocycles. The van der Waals surface area contributed by atoms with Gasteiger partial charge in [0.15, 0.2) is 0 Å². The molecule has 0 atom stereocenters. The molecule has 122 valence electrons. The van der Waals surface area contributed by atoms with Gasteiger partial charge in [0.25, 0.3) is 0 Å². The lowest BCUT2D eigenvalue weighted by Crippen LogP contribution is -2.11.